The molecule has 0 aliphatic carbocycles. The van der Waals surface area contributed by atoms with Gasteiger partial charge in [-0.1, -0.05) is 15.9 Å². The summed E-state index contributed by atoms with van der Waals surface area (Å²) in [6.07, 6.45) is 9.05. The lowest BCUT2D eigenvalue weighted by atomic mass is 10.2. The van der Waals surface area contributed by atoms with Gasteiger partial charge >= 0.3 is 0 Å². The minimum atomic E-state index is 0.296. The largest absolute Gasteiger partial charge is 0.471 e. The van der Waals surface area contributed by atoms with Crippen LogP contribution in [0.5, 0.6) is 5.75 Å². The first-order chi connectivity index (χ1) is 15.5. The van der Waals surface area contributed by atoms with Gasteiger partial charge in [-0.05, 0) is 50.3 Å². The Bertz CT molecular complexity index is 1200. The van der Waals surface area contributed by atoms with Crippen LogP contribution in [0.15, 0.2) is 59.7 Å². The summed E-state index contributed by atoms with van der Waals surface area (Å²) in [6, 6.07) is 7.64. The van der Waals surface area contributed by atoms with E-state index in [-0.39, 0.29) is 0 Å². The molecule has 9 nitrogen and oxygen atoms in total. The first-order valence-corrected chi connectivity index (χ1v) is 11.2. The van der Waals surface area contributed by atoms with Crippen molar-refractivity contribution in [2.45, 2.75) is 33.7 Å². The fourth-order valence-electron chi connectivity index (χ4n) is 3.11. The van der Waals surface area contributed by atoms with Crippen LogP contribution in [0.25, 0.3) is 0 Å². The molecule has 11 heteroatoms. The number of halogens is 1. The molecule has 0 unspecified atom stereocenters. The number of rotatable bonds is 8. The highest BCUT2D eigenvalue weighted by atomic mass is 79.9. The number of ether oxygens (including phenoxy) is 1. The number of aromatic nitrogens is 6. The minimum absolute atomic E-state index is 0.296. The number of hydrogen-bond acceptors (Lipinski definition) is 5. The predicted octanol–water partition coefficient (Wildman–Crippen LogP) is 4.26. The van der Waals surface area contributed by atoms with Crippen molar-refractivity contribution in [3.63, 3.8) is 0 Å². The molecule has 4 aromatic rings. The second-order valence-corrected chi connectivity index (χ2v) is 8.40. The van der Waals surface area contributed by atoms with E-state index < -0.39 is 0 Å². The van der Waals surface area contributed by atoms with E-state index in [1.807, 2.05) is 52.2 Å². The van der Waals surface area contributed by atoms with Crippen molar-refractivity contribution in [1.29, 1.82) is 0 Å². The maximum Gasteiger partial charge on any atom is 0.180 e. The average Bonchev–Trinajstić information content (AvgIpc) is 3.49. The maximum absolute atomic E-state index is 5.72. The molecule has 2 N–H and O–H groups in total. The van der Waals surface area contributed by atoms with Crippen LogP contribution in [0.2, 0.25) is 0 Å². The van der Waals surface area contributed by atoms with Gasteiger partial charge in [0.15, 0.2) is 11.8 Å². The maximum atomic E-state index is 5.72. The van der Waals surface area contributed by atoms with E-state index in [4.69, 9.17) is 17.0 Å². The van der Waals surface area contributed by atoms with E-state index in [0.717, 1.165) is 39.4 Å². The molecule has 32 heavy (non-hydrogen) atoms. The lowest BCUT2D eigenvalue weighted by molar-refractivity contribution is 0.221. The van der Waals surface area contributed by atoms with Crippen molar-refractivity contribution < 1.29 is 4.74 Å². The van der Waals surface area contributed by atoms with Crippen molar-refractivity contribution in [2.75, 3.05) is 10.6 Å². The molecule has 4 rings (SSSR count). The van der Waals surface area contributed by atoms with Crippen LogP contribution in [-0.4, -0.2) is 34.5 Å². The van der Waals surface area contributed by atoms with Crippen LogP contribution >= 0.6 is 28.1 Å². The molecule has 166 valence electrons. The summed E-state index contributed by atoms with van der Waals surface area (Å²) in [5, 5.41) is 19.8. The number of hydrogen-bond donors (Lipinski definition) is 2. The molecule has 0 radical (unpaired) electrons. The summed E-state index contributed by atoms with van der Waals surface area (Å²) in [6.45, 7) is 5.94. The van der Waals surface area contributed by atoms with Crippen molar-refractivity contribution in [1.82, 2.24) is 29.3 Å². The van der Waals surface area contributed by atoms with Gasteiger partial charge in [-0.3, -0.25) is 9.36 Å². The Kier molecular flexibility index (Phi) is 6.86. The first-order valence-electron chi connectivity index (χ1n) is 10.0. The Labute approximate surface area is 199 Å². The van der Waals surface area contributed by atoms with E-state index in [9.17, 15) is 0 Å². The Balaban J connectivity index is 1.28. The first kappa shape index (κ1) is 22.0. The van der Waals surface area contributed by atoms with Gasteiger partial charge in [-0.25, -0.2) is 4.68 Å². The Hall–Kier alpha value is -3.18. The van der Waals surface area contributed by atoms with E-state index in [1.54, 1.807) is 17.1 Å². The zero-order valence-corrected chi connectivity index (χ0v) is 20.1. The van der Waals surface area contributed by atoms with Gasteiger partial charge in [0.05, 0.1) is 42.7 Å². The van der Waals surface area contributed by atoms with Crippen LogP contribution < -0.4 is 15.4 Å². The second-order valence-electron chi connectivity index (χ2n) is 7.07. The molecule has 0 amide bonds. The summed E-state index contributed by atoms with van der Waals surface area (Å²) in [7, 11) is 0. The number of thiocarbonyl (C=S) groups is 1. The Morgan fingerprint density at radius 2 is 1.66 bits per heavy atom. The summed E-state index contributed by atoms with van der Waals surface area (Å²) in [4.78, 5) is 0. The molecule has 0 saturated carbocycles. The highest BCUT2D eigenvalue weighted by Gasteiger charge is 2.08. The fourth-order valence-corrected chi connectivity index (χ4v) is 3.61. The molecule has 0 spiro atoms. The molecule has 3 aromatic heterocycles. The molecule has 0 fully saturated rings. The SMILES string of the molecule is CCn1ncc(Cn2cc(NC(=S)Nc3cnn(COc4ccc(Br)cc4)c3)cn2)c1C. The minimum Gasteiger partial charge on any atom is -0.471 e. The van der Waals surface area contributed by atoms with Crippen molar-refractivity contribution in [3.8, 4) is 5.75 Å². The number of benzene rings is 1. The smallest absolute Gasteiger partial charge is 0.180 e. The third-order valence-corrected chi connectivity index (χ3v) is 5.53. The molecule has 1 aromatic carbocycles. The normalized spacial score (nSPS) is 10.8. The van der Waals surface area contributed by atoms with Crippen LogP contribution in [0.4, 0.5) is 11.4 Å². The standard InChI is InChI=1S/C21H23BrN8OS/c1-3-30-15(2)16(8-25-30)11-28-12-18(9-23-28)26-21(32)27-19-10-24-29(13-19)14-31-20-6-4-17(22)5-7-20/h4-10,12-13H,3,11,14H2,1-2H3,(H2,26,27,32). The zero-order chi connectivity index (χ0) is 22.5. The third-order valence-electron chi connectivity index (χ3n) is 4.80. The molecule has 0 aliphatic rings. The molecule has 0 aliphatic heterocycles. The van der Waals surface area contributed by atoms with Gasteiger partial charge < -0.3 is 15.4 Å². The molecule has 0 bridgehead atoms. The van der Waals surface area contributed by atoms with Gasteiger partial charge in [0.1, 0.15) is 5.75 Å². The van der Waals surface area contributed by atoms with Crippen LogP contribution in [0, 0.1) is 6.92 Å². The summed E-state index contributed by atoms with van der Waals surface area (Å²) in [5.41, 5.74) is 3.85. The predicted molar refractivity (Wildman–Crippen MR) is 131 cm³/mol. The topological polar surface area (TPSA) is 86.8 Å². The summed E-state index contributed by atoms with van der Waals surface area (Å²) >= 11 is 8.82. The third kappa shape index (κ3) is 5.54. The van der Waals surface area contributed by atoms with E-state index >= 15 is 0 Å². The summed E-state index contributed by atoms with van der Waals surface area (Å²) in [5.74, 6) is 0.768. The van der Waals surface area contributed by atoms with Crippen molar-refractivity contribution in [3.05, 3.63) is 71.0 Å². The number of nitrogens with one attached hydrogen (secondary N) is 2. The zero-order valence-electron chi connectivity index (χ0n) is 17.7. The molecular formula is C21H23BrN8OS. The monoisotopic (exact) mass is 514 g/mol. The van der Waals surface area contributed by atoms with E-state index in [0.29, 0.717) is 18.4 Å². The Morgan fingerprint density at radius 1 is 1.00 bits per heavy atom. The van der Waals surface area contributed by atoms with Gasteiger partial charge in [-0.2, -0.15) is 15.3 Å². The van der Waals surface area contributed by atoms with Crippen molar-refractivity contribution in [2.24, 2.45) is 0 Å². The van der Waals surface area contributed by atoms with Crippen LogP contribution in [-0.2, 0) is 19.8 Å². The highest BCUT2D eigenvalue weighted by molar-refractivity contribution is 9.10. The molecular weight excluding hydrogens is 492 g/mol. The Morgan fingerprint density at radius 3 is 2.31 bits per heavy atom. The molecule has 0 saturated heterocycles. The van der Waals surface area contributed by atoms with Gasteiger partial charge in [-0.15, -0.1) is 0 Å². The van der Waals surface area contributed by atoms with Gasteiger partial charge in [0.2, 0.25) is 0 Å². The molecule has 0 atom stereocenters. The lowest BCUT2D eigenvalue weighted by Gasteiger charge is -2.07. The number of nitrogens with zero attached hydrogens (tertiary/aromatic N) is 6. The quantitative estimate of drug-likeness (QED) is 0.339. The number of aryl methyl sites for hydroxylation is 1. The van der Waals surface area contributed by atoms with E-state index in [1.165, 1.54) is 0 Å². The number of anilines is 2. The lowest BCUT2D eigenvalue weighted by Crippen LogP contribution is -2.18. The van der Waals surface area contributed by atoms with Crippen LogP contribution in [0.3, 0.4) is 0 Å². The second kappa shape index (κ2) is 9.96. The van der Waals surface area contributed by atoms with Crippen molar-refractivity contribution >= 4 is 44.6 Å². The molecule has 3 heterocycles. The van der Waals surface area contributed by atoms with Gasteiger partial charge in [0.25, 0.3) is 0 Å². The van der Waals surface area contributed by atoms with Gasteiger partial charge in [0, 0.05) is 28.5 Å². The average molecular weight is 515 g/mol. The summed E-state index contributed by atoms with van der Waals surface area (Å²) < 4.78 is 12.2. The fraction of sp³-hybridized carbons (Fsp3) is 0.238. The highest BCUT2D eigenvalue weighted by Crippen LogP contribution is 2.17. The van der Waals surface area contributed by atoms with E-state index in [2.05, 4.69) is 55.7 Å². The van der Waals surface area contributed by atoms with Crippen LogP contribution in [0.1, 0.15) is 18.2 Å².